The van der Waals surface area contributed by atoms with Crippen molar-refractivity contribution in [3.8, 4) is 22.3 Å². The molecule has 0 aliphatic rings. The van der Waals surface area contributed by atoms with Crippen molar-refractivity contribution in [2.24, 2.45) is 0 Å². The van der Waals surface area contributed by atoms with Gasteiger partial charge in [0.15, 0.2) is 24.8 Å². The van der Waals surface area contributed by atoms with Gasteiger partial charge in [-0.1, -0.05) is 135 Å². The molecule has 0 aromatic heterocycles. The summed E-state index contributed by atoms with van der Waals surface area (Å²) < 4.78 is 10.3. The lowest BCUT2D eigenvalue weighted by Gasteiger charge is -2.07. The SMILES string of the molecule is O=C(CCCCCCCCC(=O)OCC(=O)c1ccc(-c2ccccc2)cc1)OCC(=O)c1ccc(-c2ccccc2)cc1. The van der Waals surface area contributed by atoms with Crippen LogP contribution in [0.1, 0.15) is 72.1 Å². The van der Waals surface area contributed by atoms with E-state index in [0.29, 0.717) is 24.0 Å². The van der Waals surface area contributed by atoms with Crippen LogP contribution < -0.4 is 0 Å². The number of esters is 2. The van der Waals surface area contributed by atoms with E-state index in [0.717, 1.165) is 47.9 Å². The number of hydrogen-bond acceptors (Lipinski definition) is 6. The smallest absolute Gasteiger partial charge is 0.306 e. The van der Waals surface area contributed by atoms with Gasteiger partial charge in [-0.3, -0.25) is 19.2 Å². The third-order valence-electron chi connectivity index (χ3n) is 7.37. The van der Waals surface area contributed by atoms with E-state index < -0.39 is 0 Å². The number of benzene rings is 4. The summed E-state index contributed by atoms with van der Waals surface area (Å²) in [6, 6.07) is 34.4. The number of ketones is 2. The zero-order valence-corrected chi connectivity index (χ0v) is 24.9. The molecule has 0 N–H and O–H groups in total. The van der Waals surface area contributed by atoms with Crippen molar-refractivity contribution in [1.29, 1.82) is 0 Å². The highest BCUT2D eigenvalue weighted by Crippen LogP contribution is 2.21. The normalized spacial score (nSPS) is 10.6. The predicted octanol–water partition coefficient (Wildman–Crippen LogP) is 8.29. The summed E-state index contributed by atoms with van der Waals surface area (Å²) in [5.41, 5.74) is 5.22. The molecular formula is C38H38O6. The summed E-state index contributed by atoms with van der Waals surface area (Å²) >= 11 is 0. The standard InChI is InChI=1S/C38H38O6/c39-35(33-23-19-31(20-24-33)29-13-7-5-8-14-29)27-43-37(41)17-11-3-1-2-4-12-18-38(42)44-28-36(40)34-25-21-32(22-26-34)30-15-9-6-10-16-30/h5-10,13-16,19-26H,1-4,11-12,17-18,27-28H2. The summed E-state index contributed by atoms with van der Waals surface area (Å²) in [4.78, 5) is 48.9. The number of Topliss-reactive ketones (excluding diaryl/α,β-unsaturated/α-hetero) is 2. The molecule has 6 heteroatoms. The first-order chi connectivity index (χ1) is 21.5. The van der Waals surface area contributed by atoms with Crippen LogP contribution in [0.4, 0.5) is 0 Å². The highest BCUT2D eigenvalue weighted by atomic mass is 16.5. The molecule has 0 saturated heterocycles. The molecule has 0 spiro atoms. The third-order valence-corrected chi connectivity index (χ3v) is 7.37. The topological polar surface area (TPSA) is 86.7 Å². The molecule has 0 atom stereocenters. The van der Waals surface area contributed by atoms with Crippen molar-refractivity contribution in [2.75, 3.05) is 13.2 Å². The van der Waals surface area contributed by atoms with Crippen LogP contribution in [0.5, 0.6) is 0 Å². The number of unbranched alkanes of at least 4 members (excludes halogenated alkanes) is 5. The average molecular weight is 591 g/mol. The quantitative estimate of drug-likeness (QED) is 0.0699. The van der Waals surface area contributed by atoms with Gasteiger partial charge in [0.1, 0.15) is 0 Å². The fourth-order valence-corrected chi connectivity index (χ4v) is 4.81. The molecule has 0 unspecified atom stereocenters. The van der Waals surface area contributed by atoms with Gasteiger partial charge < -0.3 is 9.47 Å². The molecule has 0 fully saturated rings. The zero-order chi connectivity index (χ0) is 31.0. The molecule has 6 nitrogen and oxygen atoms in total. The minimum Gasteiger partial charge on any atom is -0.457 e. The van der Waals surface area contributed by atoms with Crippen molar-refractivity contribution in [3.05, 3.63) is 120 Å². The van der Waals surface area contributed by atoms with Crippen LogP contribution in [0, 0.1) is 0 Å². The molecule has 4 aromatic carbocycles. The molecular weight excluding hydrogens is 552 g/mol. The van der Waals surface area contributed by atoms with Crippen molar-refractivity contribution in [3.63, 3.8) is 0 Å². The van der Waals surface area contributed by atoms with Crippen LogP contribution in [0.15, 0.2) is 109 Å². The van der Waals surface area contributed by atoms with Crippen molar-refractivity contribution in [1.82, 2.24) is 0 Å². The molecule has 44 heavy (non-hydrogen) atoms. The Labute approximate surface area is 259 Å². The predicted molar refractivity (Wildman–Crippen MR) is 171 cm³/mol. The zero-order valence-electron chi connectivity index (χ0n) is 24.9. The van der Waals surface area contributed by atoms with Gasteiger partial charge in [-0.25, -0.2) is 0 Å². The fourth-order valence-electron chi connectivity index (χ4n) is 4.81. The van der Waals surface area contributed by atoms with E-state index in [9.17, 15) is 19.2 Å². The van der Waals surface area contributed by atoms with Crippen LogP contribution in [0.25, 0.3) is 22.3 Å². The lowest BCUT2D eigenvalue weighted by molar-refractivity contribution is -0.143. The third kappa shape index (κ3) is 10.5. The second-order valence-corrected chi connectivity index (χ2v) is 10.7. The van der Waals surface area contributed by atoms with E-state index in [4.69, 9.17) is 9.47 Å². The molecule has 0 aliphatic heterocycles. The van der Waals surface area contributed by atoms with E-state index in [1.807, 2.05) is 84.9 Å². The van der Waals surface area contributed by atoms with Gasteiger partial charge in [0.05, 0.1) is 0 Å². The van der Waals surface area contributed by atoms with Gasteiger partial charge in [-0.15, -0.1) is 0 Å². The molecule has 0 bridgehead atoms. The Bertz CT molecular complexity index is 1380. The first-order valence-corrected chi connectivity index (χ1v) is 15.2. The van der Waals surface area contributed by atoms with E-state index in [1.165, 1.54) is 0 Å². The van der Waals surface area contributed by atoms with E-state index >= 15 is 0 Å². The Morgan fingerprint density at radius 2 is 0.705 bits per heavy atom. The Balaban J connectivity index is 0.999. The Morgan fingerprint density at radius 1 is 0.386 bits per heavy atom. The van der Waals surface area contributed by atoms with Gasteiger partial charge in [0, 0.05) is 24.0 Å². The summed E-state index contributed by atoms with van der Waals surface area (Å²) in [6.45, 7) is -0.516. The molecule has 4 aromatic rings. The Morgan fingerprint density at radius 3 is 1.07 bits per heavy atom. The van der Waals surface area contributed by atoms with Crippen LogP contribution >= 0.6 is 0 Å². The largest absolute Gasteiger partial charge is 0.457 e. The monoisotopic (exact) mass is 590 g/mol. The first kappa shape index (κ1) is 32.1. The lowest BCUT2D eigenvalue weighted by Crippen LogP contribution is -2.14. The average Bonchev–Trinajstić information content (AvgIpc) is 3.08. The summed E-state index contributed by atoms with van der Waals surface area (Å²) in [7, 11) is 0. The molecule has 226 valence electrons. The van der Waals surface area contributed by atoms with Crippen molar-refractivity contribution in [2.45, 2.75) is 51.4 Å². The summed E-state index contributed by atoms with van der Waals surface area (Å²) in [5, 5.41) is 0. The van der Waals surface area contributed by atoms with E-state index in [1.54, 1.807) is 24.3 Å². The first-order valence-electron chi connectivity index (χ1n) is 15.2. The summed E-state index contributed by atoms with van der Waals surface area (Å²) in [6.07, 6.45) is 5.53. The van der Waals surface area contributed by atoms with E-state index in [-0.39, 0.29) is 49.6 Å². The molecule has 0 heterocycles. The van der Waals surface area contributed by atoms with Gasteiger partial charge in [0.25, 0.3) is 0 Å². The van der Waals surface area contributed by atoms with Crippen molar-refractivity contribution >= 4 is 23.5 Å². The number of rotatable bonds is 17. The van der Waals surface area contributed by atoms with Crippen LogP contribution in [0.2, 0.25) is 0 Å². The van der Waals surface area contributed by atoms with Gasteiger partial charge in [-0.2, -0.15) is 0 Å². The maximum atomic E-state index is 12.4. The van der Waals surface area contributed by atoms with Crippen LogP contribution in [0.3, 0.4) is 0 Å². The minimum absolute atomic E-state index is 0.224. The Kier molecular flexibility index (Phi) is 12.6. The van der Waals surface area contributed by atoms with Crippen LogP contribution in [-0.2, 0) is 19.1 Å². The lowest BCUT2D eigenvalue weighted by atomic mass is 10.0. The molecule has 0 saturated carbocycles. The second-order valence-electron chi connectivity index (χ2n) is 10.7. The minimum atomic E-state index is -0.372. The second kappa shape index (κ2) is 17.3. The summed E-state index contributed by atoms with van der Waals surface area (Å²) in [5.74, 6) is -1.19. The van der Waals surface area contributed by atoms with Gasteiger partial charge in [-0.05, 0) is 35.1 Å². The maximum Gasteiger partial charge on any atom is 0.306 e. The molecule has 0 amide bonds. The van der Waals surface area contributed by atoms with Gasteiger partial charge in [0.2, 0.25) is 0 Å². The fraction of sp³-hybridized carbons (Fsp3) is 0.263. The van der Waals surface area contributed by atoms with Gasteiger partial charge >= 0.3 is 11.9 Å². The number of hydrogen-bond donors (Lipinski definition) is 0. The van der Waals surface area contributed by atoms with Crippen LogP contribution in [-0.4, -0.2) is 36.7 Å². The molecule has 0 aliphatic carbocycles. The maximum absolute atomic E-state index is 12.4. The number of carbonyl (C=O) groups is 4. The molecule has 0 radical (unpaired) electrons. The van der Waals surface area contributed by atoms with E-state index in [2.05, 4.69) is 0 Å². The number of carbonyl (C=O) groups excluding carboxylic acids is 4. The molecule has 4 rings (SSSR count). The highest BCUT2D eigenvalue weighted by molar-refractivity contribution is 5.99. The Hall–Kier alpha value is -4.84. The highest BCUT2D eigenvalue weighted by Gasteiger charge is 2.12. The van der Waals surface area contributed by atoms with Crippen molar-refractivity contribution < 1.29 is 28.7 Å². The number of ether oxygens (including phenoxy) is 2.